The molecule has 1 aromatic carbocycles. The number of primary amides is 1. The fourth-order valence-corrected chi connectivity index (χ4v) is 2.56. The van der Waals surface area contributed by atoms with Crippen molar-refractivity contribution in [1.82, 2.24) is 9.80 Å². The summed E-state index contributed by atoms with van der Waals surface area (Å²) in [7, 11) is 0. The van der Waals surface area contributed by atoms with Gasteiger partial charge in [-0.25, -0.2) is 0 Å². The molecule has 0 aromatic heterocycles. The predicted molar refractivity (Wildman–Crippen MR) is 82.2 cm³/mol. The number of carbonyl (C=O) groups is 1. The Balaban J connectivity index is 1.80. The number of nitrogens with two attached hydrogens (primary N) is 1. The van der Waals surface area contributed by atoms with Gasteiger partial charge in [0.1, 0.15) is 0 Å². The van der Waals surface area contributed by atoms with Gasteiger partial charge in [0.25, 0.3) is 0 Å². The van der Waals surface area contributed by atoms with E-state index in [0.717, 1.165) is 32.7 Å². The van der Waals surface area contributed by atoms with E-state index >= 15 is 0 Å². The second-order valence-corrected chi connectivity index (χ2v) is 5.42. The lowest BCUT2D eigenvalue weighted by atomic mass is 10.1. The van der Waals surface area contributed by atoms with Crippen molar-refractivity contribution < 1.29 is 4.79 Å². The Morgan fingerprint density at radius 2 is 1.65 bits per heavy atom. The third-order valence-electron chi connectivity index (χ3n) is 3.53. The smallest absolute Gasteiger partial charge is 0.231 e. The summed E-state index contributed by atoms with van der Waals surface area (Å²) in [6.45, 7) is 7.36. The number of nitrogens with zero attached hydrogens (tertiary/aromatic N) is 2. The van der Waals surface area contributed by atoms with Crippen LogP contribution >= 0.6 is 0 Å². The van der Waals surface area contributed by atoms with Crippen LogP contribution in [-0.4, -0.2) is 55.0 Å². The van der Waals surface area contributed by atoms with Gasteiger partial charge in [-0.1, -0.05) is 42.0 Å². The zero-order chi connectivity index (χ0) is 14.4. The first-order valence-electron chi connectivity index (χ1n) is 7.09. The van der Waals surface area contributed by atoms with Crippen molar-refractivity contribution in [2.45, 2.75) is 6.92 Å². The molecular weight excluding hydrogens is 250 g/mol. The van der Waals surface area contributed by atoms with E-state index in [1.807, 2.05) is 6.07 Å². The van der Waals surface area contributed by atoms with Crippen LogP contribution in [0.25, 0.3) is 6.08 Å². The summed E-state index contributed by atoms with van der Waals surface area (Å²) in [6.07, 6.45) is 2.23. The van der Waals surface area contributed by atoms with Crippen molar-refractivity contribution in [1.29, 1.82) is 0 Å². The number of hydrogen-bond donors (Lipinski definition) is 1. The van der Waals surface area contributed by atoms with Crippen molar-refractivity contribution in [3.63, 3.8) is 0 Å². The first-order chi connectivity index (χ1) is 9.63. The standard InChI is InChI=1S/C16H23N3O/c1-14(11-15-5-3-2-4-6-15)12-18-7-9-19(10-8-18)13-16(17)20/h2-6,11H,7-10,12-13H2,1H3,(H2,17,20). The third kappa shape index (κ3) is 4.79. The van der Waals surface area contributed by atoms with Crippen molar-refractivity contribution >= 4 is 12.0 Å². The second kappa shape index (κ2) is 7.22. The average Bonchev–Trinajstić information content (AvgIpc) is 2.41. The van der Waals surface area contributed by atoms with Crippen LogP contribution in [0.1, 0.15) is 12.5 Å². The molecule has 1 aliphatic heterocycles. The monoisotopic (exact) mass is 273 g/mol. The molecule has 0 atom stereocenters. The molecule has 2 rings (SSSR count). The summed E-state index contributed by atoms with van der Waals surface area (Å²) in [5.41, 5.74) is 7.83. The molecular formula is C16H23N3O. The predicted octanol–water partition coefficient (Wildman–Crippen LogP) is 1.19. The third-order valence-corrected chi connectivity index (χ3v) is 3.53. The molecule has 108 valence electrons. The van der Waals surface area contributed by atoms with Crippen LogP contribution in [-0.2, 0) is 4.79 Å². The van der Waals surface area contributed by atoms with E-state index in [9.17, 15) is 4.79 Å². The molecule has 2 N–H and O–H groups in total. The number of rotatable bonds is 5. The summed E-state index contributed by atoms with van der Waals surface area (Å²) in [6, 6.07) is 10.4. The maximum Gasteiger partial charge on any atom is 0.231 e. The molecule has 4 nitrogen and oxygen atoms in total. The fraction of sp³-hybridized carbons (Fsp3) is 0.438. The molecule has 0 bridgehead atoms. The lowest BCUT2D eigenvalue weighted by Crippen LogP contribution is -2.49. The lowest BCUT2D eigenvalue weighted by molar-refractivity contribution is -0.119. The zero-order valence-corrected chi connectivity index (χ0v) is 12.1. The van der Waals surface area contributed by atoms with Crippen molar-refractivity contribution in [3.05, 3.63) is 41.5 Å². The number of amides is 1. The van der Waals surface area contributed by atoms with E-state index in [1.165, 1.54) is 11.1 Å². The summed E-state index contributed by atoms with van der Waals surface area (Å²) >= 11 is 0. The first-order valence-corrected chi connectivity index (χ1v) is 7.09. The van der Waals surface area contributed by atoms with Gasteiger partial charge in [0.15, 0.2) is 0 Å². The summed E-state index contributed by atoms with van der Waals surface area (Å²) < 4.78 is 0. The van der Waals surface area contributed by atoms with Crippen LogP contribution in [0, 0.1) is 0 Å². The molecule has 1 heterocycles. The zero-order valence-electron chi connectivity index (χ0n) is 12.1. The molecule has 4 heteroatoms. The van der Waals surface area contributed by atoms with E-state index in [0.29, 0.717) is 6.54 Å². The van der Waals surface area contributed by atoms with Gasteiger partial charge in [0, 0.05) is 32.7 Å². The quantitative estimate of drug-likeness (QED) is 0.877. The molecule has 1 fully saturated rings. The van der Waals surface area contributed by atoms with E-state index < -0.39 is 0 Å². The minimum atomic E-state index is -0.237. The molecule has 20 heavy (non-hydrogen) atoms. The molecule has 1 aromatic rings. The number of carbonyl (C=O) groups excluding carboxylic acids is 1. The molecule has 1 aliphatic rings. The van der Waals surface area contributed by atoms with Gasteiger partial charge in [-0.05, 0) is 12.5 Å². The van der Waals surface area contributed by atoms with Gasteiger partial charge in [-0.3, -0.25) is 14.6 Å². The number of piperazine rings is 1. The Labute approximate surface area is 120 Å². The Hall–Kier alpha value is -1.65. The van der Waals surface area contributed by atoms with E-state index in [4.69, 9.17) is 5.73 Å². The maximum absolute atomic E-state index is 10.9. The van der Waals surface area contributed by atoms with Gasteiger partial charge in [0.05, 0.1) is 6.54 Å². The molecule has 1 saturated heterocycles. The average molecular weight is 273 g/mol. The van der Waals surface area contributed by atoms with Crippen LogP contribution in [0.3, 0.4) is 0 Å². The molecule has 0 aliphatic carbocycles. The second-order valence-electron chi connectivity index (χ2n) is 5.42. The molecule has 0 radical (unpaired) electrons. The lowest BCUT2D eigenvalue weighted by Gasteiger charge is -2.34. The highest BCUT2D eigenvalue weighted by molar-refractivity contribution is 5.75. The van der Waals surface area contributed by atoms with Crippen LogP contribution in [0.4, 0.5) is 0 Å². The van der Waals surface area contributed by atoms with E-state index in [1.54, 1.807) is 0 Å². The fourth-order valence-electron chi connectivity index (χ4n) is 2.56. The first kappa shape index (κ1) is 14.8. The summed E-state index contributed by atoms with van der Waals surface area (Å²) in [4.78, 5) is 15.4. The Bertz CT molecular complexity index is 462. The Kier molecular flexibility index (Phi) is 5.32. The maximum atomic E-state index is 10.9. The SMILES string of the molecule is CC(=Cc1ccccc1)CN1CCN(CC(N)=O)CC1. The minimum Gasteiger partial charge on any atom is -0.369 e. The van der Waals surface area contributed by atoms with Gasteiger partial charge in [0.2, 0.25) is 5.91 Å². The number of benzene rings is 1. The van der Waals surface area contributed by atoms with Crippen molar-refractivity contribution in [3.8, 4) is 0 Å². The summed E-state index contributed by atoms with van der Waals surface area (Å²) in [5, 5.41) is 0. The normalized spacial score (nSPS) is 18.1. The van der Waals surface area contributed by atoms with Gasteiger partial charge < -0.3 is 5.73 Å². The highest BCUT2D eigenvalue weighted by Gasteiger charge is 2.17. The molecule has 0 unspecified atom stereocenters. The van der Waals surface area contributed by atoms with Gasteiger partial charge >= 0.3 is 0 Å². The summed E-state index contributed by atoms with van der Waals surface area (Å²) in [5.74, 6) is -0.237. The van der Waals surface area contributed by atoms with Gasteiger partial charge in [-0.15, -0.1) is 0 Å². The Morgan fingerprint density at radius 1 is 1.10 bits per heavy atom. The highest BCUT2D eigenvalue weighted by Crippen LogP contribution is 2.09. The van der Waals surface area contributed by atoms with Crippen LogP contribution in [0.5, 0.6) is 0 Å². The van der Waals surface area contributed by atoms with Crippen molar-refractivity contribution in [2.75, 3.05) is 39.3 Å². The van der Waals surface area contributed by atoms with E-state index in [2.05, 4.69) is 47.1 Å². The van der Waals surface area contributed by atoms with Gasteiger partial charge in [-0.2, -0.15) is 0 Å². The number of hydrogen-bond acceptors (Lipinski definition) is 3. The molecule has 1 amide bonds. The minimum absolute atomic E-state index is 0.237. The van der Waals surface area contributed by atoms with Crippen LogP contribution < -0.4 is 5.73 Å². The van der Waals surface area contributed by atoms with E-state index in [-0.39, 0.29) is 5.91 Å². The largest absolute Gasteiger partial charge is 0.369 e. The molecule has 0 saturated carbocycles. The Morgan fingerprint density at radius 3 is 2.20 bits per heavy atom. The highest BCUT2D eigenvalue weighted by atomic mass is 16.1. The van der Waals surface area contributed by atoms with Crippen LogP contribution in [0.2, 0.25) is 0 Å². The van der Waals surface area contributed by atoms with Crippen LogP contribution in [0.15, 0.2) is 35.9 Å². The van der Waals surface area contributed by atoms with Crippen molar-refractivity contribution in [2.24, 2.45) is 5.73 Å². The molecule has 0 spiro atoms. The topological polar surface area (TPSA) is 49.6 Å².